The van der Waals surface area contributed by atoms with Crippen molar-refractivity contribution >= 4 is 27.6 Å². The molecule has 2 N–H and O–H groups in total. The number of sulfone groups is 1. The van der Waals surface area contributed by atoms with Crippen molar-refractivity contribution in [3.05, 3.63) is 29.8 Å². The topological polar surface area (TPSA) is 131 Å². The van der Waals surface area contributed by atoms with Crippen molar-refractivity contribution in [3.8, 4) is 5.75 Å². The summed E-state index contributed by atoms with van der Waals surface area (Å²) in [6, 6.07) is 2.57. The molecule has 2 aliphatic rings. The number of benzene rings is 1. The fraction of sp³-hybridized carbons (Fsp3) is 0.591. The Morgan fingerprint density at radius 2 is 1.89 bits per heavy atom. The monoisotopic (exact) mass is 517 g/mol. The molecule has 0 spiro atoms. The van der Waals surface area contributed by atoms with Crippen LogP contribution in [0.15, 0.2) is 24.3 Å². The average Bonchev–Trinajstić information content (AvgIpc) is 2.81. The van der Waals surface area contributed by atoms with Gasteiger partial charge in [0.15, 0.2) is 15.6 Å². The second-order valence-electron chi connectivity index (χ2n) is 8.42. The number of nitrogens with zero attached hydrogens (tertiary/aromatic N) is 1. The first-order chi connectivity index (χ1) is 16.6. The molecule has 0 aromatic heterocycles. The second-order valence-corrected chi connectivity index (χ2v) is 10.5. The van der Waals surface area contributed by atoms with Crippen LogP contribution in [-0.2, 0) is 29.9 Å². The molecule has 13 heteroatoms. The van der Waals surface area contributed by atoms with Crippen LogP contribution in [0.25, 0.3) is 0 Å². The Labute approximate surface area is 202 Å². The van der Waals surface area contributed by atoms with Gasteiger partial charge in [0, 0.05) is 25.1 Å². The van der Waals surface area contributed by atoms with Crippen molar-refractivity contribution in [2.75, 3.05) is 32.1 Å². The Kier molecular flexibility index (Phi) is 9.38. The lowest BCUT2D eigenvalue weighted by Crippen LogP contribution is -2.57. The van der Waals surface area contributed by atoms with E-state index in [4.69, 9.17) is 4.74 Å². The molecule has 1 saturated heterocycles. The Morgan fingerprint density at radius 1 is 1.17 bits per heavy atom. The van der Waals surface area contributed by atoms with Gasteiger partial charge in [0.1, 0.15) is 11.8 Å². The smallest absolute Gasteiger partial charge is 0.387 e. The van der Waals surface area contributed by atoms with Gasteiger partial charge in [-0.2, -0.15) is 8.78 Å². The van der Waals surface area contributed by atoms with Crippen LogP contribution in [-0.4, -0.2) is 81.8 Å². The van der Waals surface area contributed by atoms with Crippen molar-refractivity contribution in [2.45, 2.75) is 50.1 Å². The number of carbonyl (C=O) groups is 3. The Hall–Kier alpha value is -2.80. The lowest BCUT2D eigenvalue weighted by Gasteiger charge is -2.30. The number of urea groups is 1. The summed E-state index contributed by atoms with van der Waals surface area (Å²) in [7, 11) is -4.10. The maximum absolute atomic E-state index is 13.0. The normalized spacial score (nSPS) is 19.8. The van der Waals surface area contributed by atoms with Crippen LogP contribution in [0.3, 0.4) is 0 Å². The van der Waals surface area contributed by atoms with Crippen molar-refractivity contribution in [3.63, 3.8) is 0 Å². The number of rotatable bonds is 9. The molecule has 1 unspecified atom stereocenters. The van der Waals surface area contributed by atoms with Gasteiger partial charge in [-0.1, -0.05) is 24.6 Å². The molecular weight excluding hydrogens is 488 g/mol. The number of carbonyl (C=O) groups excluding carboxylic acids is 3. The zero-order chi connectivity index (χ0) is 25.4. The van der Waals surface area contributed by atoms with E-state index in [1.54, 1.807) is 0 Å². The lowest BCUT2D eigenvalue weighted by atomic mass is 9.94. The van der Waals surface area contributed by atoms with E-state index in [-0.39, 0.29) is 30.2 Å². The minimum atomic E-state index is -4.10. The predicted octanol–water partition coefficient (Wildman–Crippen LogP) is 1.24. The molecular formula is C22H29F2N3O7S. The summed E-state index contributed by atoms with van der Waals surface area (Å²) in [6.07, 6.45) is 2.20. The summed E-state index contributed by atoms with van der Waals surface area (Å²) in [5.41, 5.74) is -0.00563. The van der Waals surface area contributed by atoms with Crippen LogP contribution in [0.5, 0.6) is 5.75 Å². The number of Topliss-reactive ketones (excluding diaryl/α,β-unsaturated/α-hetero) is 1. The van der Waals surface area contributed by atoms with E-state index in [0.29, 0.717) is 26.1 Å². The van der Waals surface area contributed by atoms with Crippen LogP contribution in [0.2, 0.25) is 0 Å². The number of hydrogen-bond donors (Lipinski definition) is 2. The van der Waals surface area contributed by atoms with Gasteiger partial charge in [0.2, 0.25) is 5.91 Å². The van der Waals surface area contributed by atoms with E-state index < -0.39 is 52.0 Å². The summed E-state index contributed by atoms with van der Waals surface area (Å²) in [5.74, 6) is -2.72. The Balaban J connectivity index is 1.76. The number of hydrogen-bond acceptors (Lipinski definition) is 7. The number of morpholine rings is 1. The average molecular weight is 518 g/mol. The molecule has 194 valence electrons. The maximum Gasteiger partial charge on any atom is 0.387 e. The third-order valence-corrected chi connectivity index (χ3v) is 7.36. The first-order valence-electron chi connectivity index (χ1n) is 11.3. The molecule has 1 aromatic rings. The largest absolute Gasteiger partial charge is 0.435 e. The van der Waals surface area contributed by atoms with E-state index in [1.165, 1.54) is 29.2 Å². The molecule has 1 aliphatic heterocycles. The van der Waals surface area contributed by atoms with Crippen LogP contribution in [0.1, 0.15) is 31.2 Å². The van der Waals surface area contributed by atoms with E-state index in [0.717, 1.165) is 12.8 Å². The highest BCUT2D eigenvalue weighted by Crippen LogP contribution is 2.23. The van der Waals surface area contributed by atoms with Gasteiger partial charge in [-0.3, -0.25) is 9.59 Å². The van der Waals surface area contributed by atoms with E-state index in [2.05, 4.69) is 15.4 Å². The molecule has 1 saturated carbocycles. The summed E-state index contributed by atoms with van der Waals surface area (Å²) >= 11 is 0. The third kappa shape index (κ3) is 8.13. The van der Waals surface area contributed by atoms with E-state index >= 15 is 0 Å². The number of ether oxygens (including phenoxy) is 2. The van der Waals surface area contributed by atoms with Crippen molar-refractivity contribution in [1.29, 1.82) is 0 Å². The summed E-state index contributed by atoms with van der Waals surface area (Å²) in [5, 5.41) is 5.02. The highest BCUT2D eigenvalue weighted by atomic mass is 32.2. The molecule has 1 aromatic carbocycles. The molecule has 3 amide bonds. The molecule has 1 heterocycles. The second kappa shape index (κ2) is 12.2. The number of amides is 3. The van der Waals surface area contributed by atoms with Gasteiger partial charge in [0.25, 0.3) is 0 Å². The van der Waals surface area contributed by atoms with E-state index in [9.17, 15) is 31.6 Å². The molecule has 2 fully saturated rings. The molecule has 0 bridgehead atoms. The predicted molar refractivity (Wildman–Crippen MR) is 121 cm³/mol. The SMILES string of the molecule is O=C1CCCCC1NC(=O)[C@H](CS(=O)(=O)Cc1ccccc1OC(F)F)NC(=O)N1CCOCC1. The number of nitrogens with one attached hydrogen (secondary N) is 2. The summed E-state index contributed by atoms with van der Waals surface area (Å²) in [4.78, 5) is 39.3. The van der Waals surface area contributed by atoms with Crippen molar-refractivity contribution < 1.29 is 41.1 Å². The van der Waals surface area contributed by atoms with Crippen molar-refractivity contribution in [2.24, 2.45) is 0 Å². The molecule has 2 atom stereocenters. The number of para-hydroxylation sites is 1. The maximum atomic E-state index is 13.0. The van der Waals surface area contributed by atoms with E-state index in [1.807, 2.05) is 0 Å². The number of ketones is 1. The van der Waals surface area contributed by atoms with Gasteiger partial charge >= 0.3 is 12.6 Å². The highest BCUT2D eigenvalue weighted by molar-refractivity contribution is 7.90. The van der Waals surface area contributed by atoms with Gasteiger partial charge in [-0.05, 0) is 18.9 Å². The summed E-state index contributed by atoms with van der Waals surface area (Å²) in [6.45, 7) is -1.99. The summed E-state index contributed by atoms with van der Waals surface area (Å²) < 4.78 is 61.0. The van der Waals surface area contributed by atoms with Crippen LogP contribution in [0, 0.1) is 0 Å². The molecule has 3 rings (SSSR count). The minimum Gasteiger partial charge on any atom is -0.435 e. The molecule has 1 aliphatic carbocycles. The van der Waals surface area contributed by atoms with Crippen LogP contribution >= 0.6 is 0 Å². The Bertz CT molecular complexity index is 1020. The standard InChI is InChI=1S/C22H29F2N3O7S/c23-21(24)34-19-8-4-1-5-15(19)13-35(31,32)14-17(26-22(30)27-9-11-33-12-10-27)20(29)25-16-6-2-3-7-18(16)28/h1,4-5,8,16-17,21H,2-3,6-7,9-14H2,(H,25,29)(H,26,30)/t16?,17-/m0/s1. The van der Waals surface area contributed by atoms with Crippen LogP contribution in [0.4, 0.5) is 13.6 Å². The van der Waals surface area contributed by atoms with Crippen LogP contribution < -0.4 is 15.4 Å². The third-order valence-electron chi connectivity index (χ3n) is 5.77. The first kappa shape index (κ1) is 26.8. The highest BCUT2D eigenvalue weighted by Gasteiger charge is 2.33. The van der Waals surface area contributed by atoms with Gasteiger partial charge in [-0.15, -0.1) is 0 Å². The van der Waals surface area contributed by atoms with Gasteiger partial charge in [0.05, 0.1) is 30.8 Å². The first-order valence-corrected chi connectivity index (χ1v) is 13.2. The molecule has 0 radical (unpaired) electrons. The Morgan fingerprint density at radius 3 is 2.57 bits per heavy atom. The lowest BCUT2D eigenvalue weighted by molar-refractivity contribution is -0.129. The number of halogens is 2. The van der Waals surface area contributed by atoms with Gasteiger partial charge < -0.3 is 25.0 Å². The molecule has 10 nitrogen and oxygen atoms in total. The van der Waals surface area contributed by atoms with Crippen molar-refractivity contribution in [1.82, 2.24) is 15.5 Å². The zero-order valence-electron chi connectivity index (χ0n) is 19.1. The fourth-order valence-corrected chi connectivity index (χ4v) is 5.55. The molecule has 35 heavy (non-hydrogen) atoms. The number of alkyl halides is 2. The van der Waals surface area contributed by atoms with Gasteiger partial charge in [-0.25, -0.2) is 13.2 Å². The fourth-order valence-electron chi connectivity index (χ4n) is 3.98. The minimum absolute atomic E-state index is 0.00563. The quantitative estimate of drug-likeness (QED) is 0.504. The zero-order valence-corrected chi connectivity index (χ0v) is 19.9.